The lowest BCUT2D eigenvalue weighted by molar-refractivity contribution is -0.114. The van der Waals surface area contributed by atoms with Gasteiger partial charge in [0.2, 0.25) is 0 Å². The topological polar surface area (TPSA) is 57.6 Å². The van der Waals surface area contributed by atoms with Crippen LogP contribution in [0.25, 0.3) is 0 Å². The van der Waals surface area contributed by atoms with Crippen LogP contribution in [0.15, 0.2) is 36.4 Å². The summed E-state index contributed by atoms with van der Waals surface area (Å²) in [6, 6.07) is 7.58. The van der Waals surface area contributed by atoms with Crippen LogP contribution in [-0.4, -0.2) is 16.8 Å². The van der Waals surface area contributed by atoms with E-state index >= 15 is 0 Å². The zero-order valence-electron chi connectivity index (χ0n) is 10.6. The minimum absolute atomic E-state index is 0.00359. The maximum absolute atomic E-state index is 13.7. The smallest absolute Gasteiger partial charge is 0.299 e. The molecule has 1 aliphatic rings. The molecule has 1 heterocycles. The number of carbonyl (C=O) groups excluding carboxylic acids is 2. The molecule has 2 aromatic rings. The zero-order valence-corrected chi connectivity index (χ0v) is 10.6. The molecule has 0 saturated carbocycles. The van der Waals surface area contributed by atoms with Crippen LogP contribution >= 0.6 is 0 Å². The third-order valence-corrected chi connectivity index (χ3v) is 3.24. The number of nitrogens with zero attached hydrogens (tertiary/aromatic N) is 1. The molecule has 0 atom stereocenters. The van der Waals surface area contributed by atoms with Gasteiger partial charge in [-0.15, -0.1) is 0 Å². The average molecular weight is 289 g/mol. The number of rotatable bonds is 2. The van der Waals surface area contributed by atoms with Crippen LogP contribution in [0.1, 0.15) is 15.9 Å². The first-order valence-corrected chi connectivity index (χ1v) is 6.10. The number of hydrogen-bond donors (Lipinski definition) is 1. The Labute approximate surface area is 118 Å². The lowest BCUT2D eigenvalue weighted by Gasteiger charge is -2.16. The molecule has 0 aromatic heterocycles. The second-order valence-corrected chi connectivity index (χ2v) is 4.67. The van der Waals surface area contributed by atoms with Crippen LogP contribution in [0, 0.1) is 11.6 Å². The highest BCUT2D eigenvalue weighted by Gasteiger charge is 2.38. The van der Waals surface area contributed by atoms with Crippen LogP contribution in [0.3, 0.4) is 0 Å². The molecule has 0 spiro atoms. The Morgan fingerprint density at radius 3 is 2.57 bits per heavy atom. The fourth-order valence-corrected chi connectivity index (χ4v) is 2.33. The number of phenols is 1. The van der Waals surface area contributed by atoms with Crippen LogP contribution in [0.4, 0.5) is 14.5 Å². The summed E-state index contributed by atoms with van der Waals surface area (Å²) in [7, 11) is 0. The largest absolute Gasteiger partial charge is 0.508 e. The van der Waals surface area contributed by atoms with Crippen LogP contribution in [0.5, 0.6) is 5.75 Å². The van der Waals surface area contributed by atoms with Crippen molar-refractivity contribution in [2.24, 2.45) is 0 Å². The molecule has 2 aromatic carbocycles. The molecule has 0 radical (unpaired) electrons. The number of halogens is 2. The molecule has 0 saturated heterocycles. The van der Waals surface area contributed by atoms with E-state index < -0.39 is 28.9 Å². The van der Waals surface area contributed by atoms with Gasteiger partial charge in [0.15, 0.2) is 0 Å². The zero-order chi connectivity index (χ0) is 15.1. The van der Waals surface area contributed by atoms with Gasteiger partial charge in [0.1, 0.15) is 17.4 Å². The minimum atomic E-state index is -1.05. The van der Waals surface area contributed by atoms with E-state index in [-0.39, 0.29) is 18.0 Å². The average Bonchev–Trinajstić information content (AvgIpc) is 2.64. The van der Waals surface area contributed by atoms with Crippen molar-refractivity contribution in [3.05, 3.63) is 59.2 Å². The van der Waals surface area contributed by atoms with Gasteiger partial charge in [0.25, 0.3) is 11.7 Å². The lowest BCUT2D eigenvalue weighted by Crippen LogP contribution is -2.29. The quantitative estimate of drug-likeness (QED) is 0.864. The molecule has 0 unspecified atom stereocenters. The van der Waals surface area contributed by atoms with E-state index in [0.717, 1.165) is 11.0 Å². The van der Waals surface area contributed by atoms with Gasteiger partial charge in [-0.25, -0.2) is 8.78 Å². The summed E-state index contributed by atoms with van der Waals surface area (Å²) in [4.78, 5) is 24.7. The van der Waals surface area contributed by atoms with E-state index in [2.05, 4.69) is 0 Å². The second-order valence-electron chi connectivity index (χ2n) is 4.67. The SMILES string of the molecule is O=C1C(=O)N(Cc2cccc(O)c2)c2cc(F)cc(F)c21. The van der Waals surface area contributed by atoms with E-state index in [1.54, 1.807) is 12.1 Å². The van der Waals surface area contributed by atoms with Crippen molar-refractivity contribution in [3.63, 3.8) is 0 Å². The highest BCUT2D eigenvalue weighted by molar-refractivity contribution is 6.52. The number of phenolic OH excluding ortho intramolecular Hbond substituents is 1. The number of benzene rings is 2. The van der Waals surface area contributed by atoms with Crippen molar-refractivity contribution in [1.82, 2.24) is 0 Å². The fourth-order valence-electron chi connectivity index (χ4n) is 2.33. The Hall–Kier alpha value is -2.76. The minimum Gasteiger partial charge on any atom is -0.508 e. The predicted octanol–water partition coefficient (Wildman–Crippen LogP) is 2.40. The normalized spacial score (nSPS) is 13.7. The van der Waals surface area contributed by atoms with E-state index in [1.165, 1.54) is 12.1 Å². The number of anilines is 1. The van der Waals surface area contributed by atoms with Crippen molar-refractivity contribution in [3.8, 4) is 5.75 Å². The fraction of sp³-hybridized carbons (Fsp3) is 0.0667. The Morgan fingerprint density at radius 1 is 1.10 bits per heavy atom. The number of fused-ring (bicyclic) bond motifs is 1. The first kappa shape index (κ1) is 13.2. The van der Waals surface area contributed by atoms with Gasteiger partial charge in [0, 0.05) is 6.07 Å². The molecule has 1 N–H and O–H groups in total. The summed E-state index contributed by atoms with van der Waals surface area (Å²) in [5.74, 6) is -3.84. The van der Waals surface area contributed by atoms with Gasteiger partial charge in [0.05, 0.1) is 17.8 Å². The van der Waals surface area contributed by atoms with Crippen molar-refractivity contribution >= 4 is 17.4 Å². The van der Waals surface area contributed by atoms with E-state index in [0.29, 0.717) is 11.6 Å². The van der Waals surface area contributed by atoms with E-state index in [9.17, 15) is 23.5 Å². The maximum Gasteiger partial charge on any atom is 0.299 e. The van der Waals surface area contributed by atoms with Gasteiger partial charge in [-0.2, -0.15) is 0 Å². The summed E-state index contributed by atoms with van der Waals surface area (Å²) in [6.45, 7) is -0.0606. The molecule has 21 heavy (non-hydrogen) atoms. The number of amides is 1. The van der Waals surface area contributed by atoms with Crippen molar-refractivity contribution in [2.75, 3.05) is 4.90 Å². The Kier molecular flexibility index (Phi) is 2.94. The number of carbonyl (C=O) groups is 2. The maximum atomic E-state index is 13.7. The Morgan fingerprint density at radius 2 is 1.86 bits per heavy atom. The summed E-state index contributed by atoms with van der Waals surface area (Å²) in [5, 5.41) is 9.40. The number of aromatic hydroxyl groups is 1. The monoisotopic (exact) mass is 289 g/mol. The molecular weight excluding hydrogens is 280 g/mol. The predicted molar refractivity (Wildman–Crippen MR) is 70.0 cm³/mol. The molecule has 0 fully saturated rings. The van der Waals surface area contributed by atoms with Gasteiger partial charge in [-0.1, -0.05) is 12.1 Å². The third kappa shape index (κ3) is 2.14. The van der Waals surface area contributed by atoms with Gasteiger partial charge in [-0.3, -0.25) is 9.59 Å². The first-order chi connectivity index (χ1) is 9.97. The molecule has 106 valence electrons. The summed E-state index contributed by atoms with van der Waals surface area (Å²) >= 11 is 0. The highest BCUT2D eigenvalue weighted by atomic mass is 19.1. The molecule has 0 aliphatic carbocycles. The Bertz CT molecular complexity index is 774. The van der Waals surface area contributed by atoms with Crippen molar-refractivity contribution in [2.45, 2.75) is 6.54 Å². The standard InChI is InChI=1S/C15H9F2NO3/c16-9-5-11(17)13-12(6-9)18(15(21)14(13)20)7-8-2-1-3-10(19)4-8/h1-6,19H,7H2. The van der Waals surface area contributed by atoms with Gasteiger partial charge < -0.3 is 10.0 Å². The molecule has 0 bridgehead atoms. The number of Topliss-reactive ketones (excluding diaryl/α,β-unsaturated/α-hetero) is 1. The molecular formula is C15H9F2NO3. The van der Waals surface area contributed by atoms with Crippen molar-refractivity contribution in [1.29, 1.82) is 0 Å². The summed E-state index contributed by atoms with van der Waals surface area (Å²) in [6.07, 6.45) is 0. The molecule has 6 heteroatoms. The molecule has 4 nitrogen and oxygen atoms in total. The summed E-state index contributed by atoms with van der Waals surface area (Å²) < 4.78 is 27.0. The highest BCUT2D eigenvalue weighted by Crippen LogP contribution is 2.33. The van der Waals surface area contributed by atoms with Gasteiger partial charge in [-0.05, 0) is 23.8 Å². The lowest BCUT2D eigenvalue weighted by atomic mass is 10.1. The summed E-state index contributed by atoms with van der Waals surface area (Å²) in [5.41, 5.74) is 0.0288. The molecule has 3 rings (SSSR count). The van der Waals surface area contributed by atoms with Gasteiger partial charge >= 0.3 is 0 Å². The third-order valence-electron chi connectivity index (χ3n) is 3.24. The van der Waals surface area contributed by atoms with Crippen LogP contribution in [0.2, 0.25) is 0 Å². The first-order valence-electron chi connectivity index (χ1n) is 6.10. The van der Waals surface area contributed by atoms with Crippen molar-refractivity contribution < 1.29 is 23.5 Å². The van der Waals surface area contributed by atoms with E-state index in [4.69, 9.17) is 0 Å². The number of ketones is 1. The number of hydrogen-bond acceptors (Lipinski definition) is 3. The van der Waals surface area contributed by atoms with Crippen LogP contribution < -0.4 is 4.90 Å². The van der Waals surface area contributed by atoms with E-state index in [1.807, 2.05) is 0 Å². The molecule has 1 amide bonds. The Balaban J connectivity index is 2.05. The molecule has 1 aliphatic heterocycles. The second kappa shape index (κ2) is 4.66. The van der Waals surface area contributed by atoms with Crippen LogP contribution in [-0.2, 0) is 11.3 Å².